The van der Waals surface area contributed by atoms with E-state index >= 15 is 0 Å². The minimum Gasteiger partial charge on any atom is -0.493 e. The Morgan fingerprint density at radius 3 is 2.34 bits per heavy atom. The molecule has 3 aromatic rings. The first kappa shape index (κ1) is 21.9. The molecule has 6 nitrogen and oxygen atoms in total. The van der Waals surface area contributed by atoms with Crippen molar-refractivity contribution in [3.8, 4) is 17.2 Å². The molecular weight excluding hydrogens is 424 g/mol. The number of ether oxygens (including phenoxy) is 3. The van der Waals surface area contributed by atoms with Crippen LogP contribution in [0.15, 0.2) is 47.5 Å². The molecule has 1 amide bonds. The molecule has 0 bridgehead atoms. The second kappa shape index (κ2) is 9.87. The van der Waals surface area contributed by atoms with Gasteiger partial charge in [-0.15, -0.1) is 11.3 Å². The second-order valence-corrected chi connectivity index (χ2v) is 8.51. The van der Waals surface area contributed by atoms with Crippen LogP contribution in [0.4, 0.5) is 10.7 Å². The van der Waals surface area contributed by atoms with Crippen LogP contribution < -0.4 is 19.5 Å². The zero-order valence-electron chi connectivity index (χ0n) is 18.4. The number of methoxy groups -OCH3 is 3. The Kier molecular flexibility index (Phi) is 6.75. The van der Waals surface area contributed by atoms with Crippen LogP contribution in [0.25, 0.3) is 0 Å². The highest BCUT2D eigenvalue weighted by Crippen LogP contribution is 2.41. The Balaban J connectivity index is 1.70. The molecule has 7 heteroatoms. The van der Waals surface area contributed by atoms with Crippen LogP contribution in [0.5, 0.6) is 17.2 Å². The molecule has 1 heterocycles. The number of carbonyl (C=O) groups excluding carboxylic acids is 1. The maximum absolute atomic E-state index is 13.2. The third-order valence-corrected chi connectivity index (χ3v) is 6.63. The average Bonchev–Trinajstić information content (AvgIpc) is 3.21. The van der Waals surface area contributed by atoms with E-state index < -0.39 is 0 Å². The summed E-state index contributed by atoms with van der Waals surface area (Å²) in [6.45, 7) is 0. The largest absolute Gasteiger partial charge is 0.493 e. The molecular formula is C25H26N2O4S. The molecule has 0 saturated carbocycles. The summed E-state index contributed by atoms with van der Waals surface area (Å²) in [6.07, 6.45) is 5.87. The van der Waals surface area contributed by atoms with Gasteiger partial charge in [-0.05, 0) is 55.5 Å². The fraction of sp³-hybridized carbons (Fsp3) is 0.280. The van der Waals surface area contributed by atoms with Crippen molar-refractivity contribution in [3.05, 3.63) is 64.0 Å². The van der Waals surface area contributed by atoms with Gasteiger partial charge in [0.05, 0.1) is 26.9 Å². The highest BCUT2D eigenvalue weighted by Gasteiger charge is 2.25. The number of benzene rings is 2. The molecule has 0 saturated heterocycles. The Morgan fingerprint density at radius 1 is 1.00 bits per heavy atom. The van der Waals surface area contributed by atoms with Crippen molar-refractivity contribution in [2.45, 2.75) is 25.7 Å². The Bertz CT molecular complexity index is 1110. The number of rotatable bonds is 7. The number of hydrogen-bond acceptors (Lipinski definition) is 6. The van der Waals surface area contributed by atoms with Crippen LogP contribution in [0.1, 0.15) is 39.2 Å². The average molecular weight is 451 g/mol. The van der Waals surface area contributed by atoms with Gasteiger partial charge >= 0.3 is 0 Å². The van der Waals surface area contributed by atoms with Crippen molar-refractivity contribution in [2.24, 2.45) is 4.99 Å². The van der Waals surface area contributed by atoms with Gasteiger partial charge in [-0.3, -0.25) is 4.79 Å². The summed E-state index contributed by atoms with van der Waals surface area (Å²) in [5.74, 6) is 1.52. The first-order chi connectivity index (χ1) is 15.6. The van der Waals surface area contributed by atoms with Gasteiger partial charge in [0.15, 0.2) is 11.5 Å². The van der Waals surface area contributed by atoms with Crippen molar-refractivity contribution >= 4 is 34.1 Å². The highest BCUT2D eigenvalue weighted by molar-refractivity contribution is 7.16. The number of thiophene rings is 1. The maximum Gasteiger partial charge on any atom is 0.259 e. The first-order valence-corrected chi connectivity index (χ1v) is 11.3. The molecule has 0 fully saturated rings. The molecule has 1 aliphatic rings. The van der Waals surface area contributed by atoms with Crippen molar-refractivity contribution in [3.63, 3.8) is 0 Å². The topological polar surface area (TPSA) is 69.2 Å². The van der Waals surface area contributed by atoms with Gasteiger partial charge in [0.25, 0.3) is 5.91 Å². The fourth-order valence-electron chi connectivity index (χ4n) is 3.90. The number of nitrogens with zero attached hydrogens (tertiary/aromatic N) is 1. The lowest BCUT2D eigenvalue weighted by atomic mass is 9.95. The summed E-state index contributed by atoms with van der Waals surface area (Å²) in [6, 6.07) is 13.2. The third-order valence-electron chi connectivity index (χ3n) is 5.43. The third kappa shape index (κ3) is 4.48. The number of nitrogens with one attached hydrogen (secondary N) is 1. The summed E-state index contributed by atoms with van der Waals surface area (Å²) >= 11 is 1.60. The monoisotopic (exact) mass is 450 g/mol. The van der Waals surface area contributed by atoms with E-state index in [1.165, 1.54) is 4.88 Å². The van der Waals surface area contributed by atoms with Gasteiger partial charge in [0, 0.05) is 22.3 Å². The van der Waals surface area contributed by atoms with Crippen LogP contribution in [0.3, 0.4) is 0 Å². The summed E-state index contributed by atoms with van der Waals surface area (Å²) in [5, 5.41) is 3.74. The minimum absolute atomic E-state index is 0.118. The van der Waals surface area contributed by atoms with E-state index in [4.69, 9.17) is 19.2 Å². The standard InChI is InChI=1S/C25H26N2O4S/c1-29-19-13-16(14-20(30-2)23(19)31-3)15-26-25-22(18-11-7-8-12-21(18)32-25)24(28)27-17-9-5-4-6-10-17/h4-6,9-10,13-15H,7-8,11-12H2,1-3H3,(H,27,28). The molecule has 0 unspecified atom stereocenters. The Labute approximate surface area is 191 Å². The predicted octanol–water partition coefficient (Wildman–Crippen LogP) is 5.66. The molecule has 32 heavy (non-hydrogen) atoms. The molecule has 1 aromatic heterocycles. The maximum atomic E-state index is 13.2. The van der Waals surface area contributed by atoms with Crippen molar-refractivity contribution in [2.75, 3.05) is 26.6 Å². The van der Waals surface area contributed by atoms with Crippen LogP contribution >= 0.6 is 11.3 Å². The van der Waals surface area contributed by atoms with E-state index in [0.29, 0.717) is 22.8 Å². The normalized spacial score (nSPS) is 13.0. The number of para-hydroxylation sites is 1. The van der Waals surface area contributed by atoms with E-state index in [1.807, 2.05) is 42.5 Å². The highest BCUT2D eigenvalue weighted by atomic mass is 32.1. The van der Waals surface area contributed by atoms with Gasteiger partial charge in [0.2, 0.25) is 5.75 Å². The molecule has 1 N–H and O–H groups in total. The summed E-state index contributed by atoms with van der Waals surface area (Å²) in [4.78, 5) is 19.2. The quantitative estimate of drug-likeness (QED) is 0.472. The van der Waals surface area contributed by atoms with E-state index in [9.17, 15) is 4.79 Å². The van der Waals surface area contributed by atoms with Gasteiger partial charge in [-0.2, -0.15) is 0 Å². The lowest BCUT2D eigenvalue weighted by Gasteiger charge is -2.13. The zero-order chi connectivity index (χ0) is 22.5. The minimum atomic E-state index is -0.118. The second-order valence-electron chi connectivity index (χ2n) is 7.43. The summed E-state index contributed by atoms with van der Waals surface area (Å²) in [5.41, 5.74) is 3.37. The van der Waals surface area contributed by atoms with Gasteiger partial charge in [0.1, 0.15) is 5.00 Å². The van der Waals surface area contributed by atoms with Gasteiger partial charge in [-0.1, -0.05) is 18.2 Å². The Hall–Kier alpha value is -3.32. The Morgan fingerprint density at radius 2 is 1.69 bits per heavy atom. The predicted molar refractivity (Wildman–Crippen MR) is 129 cm³/mol. The van der Waals surface area contributed by atoms with Crippen molar-refractivity contribution in [1.82, 2.24) is 0 Å². The van der Waals surface area contributed by atoms with Gasteiger partial charge < -0.3 is 19.5 Å². The first-order valence-electron chi connectivity index (χ1n) is 10.5. The number of hydrogen-bond donors (Lipinski definition) is 1. The molecule has 4 rings (SSSR count). The van der Waals surface area contributed by atoms with Gasteiger partial charge in [-0.25, -0.2) is 4.99 Å². The van der Waals surface area contributed by atoms with E-state index in [-0.39, 0.29) is 5.91 Å². The molecule has 0 spiro atoms. The number of carbonyl (C=O) groups is 1. The smallest absolute Gasteiger partial charge is 0.259 e. The number of aliphatic imine (C=N–C) groups is 1. The molecule has 166 valence electrons. The molecule has 1 aliphatic carbocycles. The summed E-state index contributed by atoms with van der Waals surface area (Å²) in [7, 11) is 4.73. The fourth-order valence-corrected chi connectivity index (χ4v) is 5.13. The molecule has 0 aliphatic heterocycles. The zero-order valence-corrected chi connectivity index (χ0v) is 19.3. The van der Waals surface area contributed by atoms with Crippen LogP contribution in [-0.4, -0.2) is 33.5 Å². The van der Waals surface area contributed by atoms with E-state index in [2.05, 4.69) is 5.32 Å². The molecule has 0 atom stereocenters. The lowest BCUT2D eigenvalue weighted by molar-refractivity contribution is 0.102. The van der Waals surface area contributed by atoms with Crippen LogP contribution in [0.2, 0.25) is 0 Å². The number of fused-ring (bicyclic) bond motifs is 1. The summed E-state index contributed by atoms with van der Waals surface area (Å²) < 4.78 is 16.3. The van der Waals surface area contributed by atoms with Crippen LogP contribution in [-0.2, 0) is 12.8 Å². The van der Waals surface area contributed by atoms with E-state index in [1.54, 1.807) is 38.9 Å². The molecule has 0 radical (unpaired) electrons. The number of amides is 1. The number of aryl methyl sites for hydroxylation is 1. The van der Waals surface area contributed by atoms with E-state index in [0.717, 1.165) is 47.5 Å². The van der Waals surface area contributed by atoms with Crippen LogP contribution in [0, 0.1) is 0 Å². The lowest BCUT2D eigenvalue weighted by Crippen LogP contribution is -2.14. The van der Waals surface area contributed by atoms with Crippen molar-refractivity contribution in [1.29, 1.82) is 0 Å². The molecule has 2 aromatic carbocycles. The SMILES string of the molecule is COc1cc(C=Nc2sc3c(c2C(=O)Nc2ccccc2)CCCC3)cc(OC)c1OC. The number of anilines is 1. The van der Waals surface area contributed by atoms with Crippen molar-refractivity contribution < 1.29 is 19.0 Å².